The highest BCUT2D eigenvalue weighted by Crippen LogP contribution is 2.40. The molecule has 0 bridgehead atoms. The molecule has 0 amide bonds. The van der Waals surface area contributed by atoms with Gasteiger partial charge in [0.05, 0.1) is 25.3 Å². The van der Waals surface area contributed by atoms with Gasteiger partial charge >= 0.3 is 0 Å². The Hall–Kier alpha value is -2.84. The fourth-order valence-electron chi connectivity index (χ4n) is 5.30. The molecule has 4 rings (SSSR count). The standard InChI is InChI=1S/C28H33F3N2O3/c1-18-17-33-24-6-5-20(35-2)16-22(24)21(18)4-3-8-28(9-11-32-12-10-28)26(34)7-13-36-25-15-19(29)14-23(30)27(25)31/h5-6,14-17,26,32,34H,3-4,7-13H2,1-2H3. The first-order valence-electron chi connectivity index (χ1n) is 12.4. The van der Waals surface area contributed by atoms with E-state index >= 15 is 0 Å². The molecule has 8 heteroatoms. The van der Waals surface area contributed by atoms with Gasteiger partial charge in [0.15, 0.2) is 11.6 Å². The average Bonchev–Trinajstić information content (AvgIpc) is 2.88. The number of nitrogens with zero attached hydrogens (tertiary/aromatic N) is 1. The third kappa shape index (κ3) is 5.76. The first kappa shape index (κ1) is 26.2. The van der Waals surface area contributed by atoms with E-state index in [0.29, 0.717) is 6.07 Å². The van der Waals surface area contributed by atoms with Crippen molar-refractivity contribution in [3.8, 4) is 11.5 Å². The van der Waals surface area contributed by atoms with Crippen molar-refractivity contribution in [1.29, 1.82) is 0 Å². The van der Waals surface area contributed by atoms with Gasteiger partial charge in [-0.2, -0.15) is 4.39 Å². The van der Waals surface area contributed by atoms with Crippen molar-refractivity contribution in [2.24, 2.45) is 5.41 Å². The Balaban J connectivity index is 1.43. The van der Waals surface area contributed by atoms with Crippen LogP contribution in [-0.4, -0.2) is 43.0 Å². The summed E-state index contributed by atoms with van der Waals surface area (Å²) >= 11 is 0. The quantitative estimate of drug-likeness (QED) is 0.359. The molecule has 1 aliphatic rings. The number of pyridine rings is 1. The second-order valence-electron chi connectivity index (χ2n) is 9.62. The summed E-state index contributed by atoms with van der Waals surface area (Å²) in [4.78, 5) is 4.54. The molecule has 1 fully saturated rings. The summed E-state index contributed by atoms with van der Waals surface area (Å²) in [5.41, 5.74) is 2.96. The van der Waals surface area contributed by atoms with Crippen LogP contribution in [0.3, 0.4) is 0 Å². The predicted molar refractivity (Wildman–Crippen MR) is 133 cm³/mol. The highest BCUT2D eigenvalue weighted by Gasteiger charge is 2.38. The van der Waals surface area contributed by atoms with Gasteiger partial charge in [0, 0.05) is 30.1 Å². The van der Waals surface area contributed by atoms with Crippen LogP contribution in [0, 0.1) is 29.8 Å². The number of rotatable bonds is 10. The summed E-state index contributed by atoms with van der Waals surface area (Å²) < 4.78 is 51.5. The van der Waals surface area contributed by atoms with Crippen LogP contribution in [0.15, 0.2) is 36.5 Å². The number of hydrogen-bond donors (Lipinski definition) is 2. The molecule has 1 saturated heterocycles. The van der Waals surface area contributed by atoms with Crippen LogP contribution in [0.5, 0.6) is 11.5 Å². The highest BCUT2D eigenvalue weighted by molar-refractivity contribution is 5.84. The molecule has 1 unspecified atom stereocenters. The molecule has 2 aromatic carbocycles. The number of benzene rings is 2. The van der Waals surface area contributed by atoms with Crippen LogP contribution in [0.1, 0.15) is 43.2 Å². The molecular weight excluding hydrogens is 469 g/mol. The first-order chi connectivity index (χ1) is 17.3. The van der Waals surface area contributed by atoms with Gasteiger partial charge in [0.2, 0.25) is 5.82 Å². The van der Waals surface area contributed by atoms with E-state index in [1.54, 1.807) is 7.11 Å². The smallest absolute Gasteiger partial charge is 0.200 e. The SMILES string of the molecule is COc1ccc2ncc(C)c(CCCC3(C(O)CCOc4cc(F)cc(F)c4F)CCNCC3)c2c1. The second kappa shape index (κ2) is 11.5. The van der Waals surface area contributed by atoms with Crippen molar-refractivity contribution >= 4 is 10.9 Å². The van der Waals surface area contributed by atoms with E-state index in [1.807, 2.05) is 24.4 Å². The summed E-state index contributed by atoms with van der Waals surface area (Å²) in [7, 11) is 1.65. The number of nitrogens with one attached hydrogen (secondary N) is 1. The maximum absolute atomic E-state index is 13.9. The number of aryl methyl sites for hydroxylation is 2. The second-order valence-corrected chi connectivity index (χ2v) is 9.62. The molecule has 0 saturated carbocycles. The van der Waals surface area contributed by atoms with Crippen molar-refractivity contribution < 1.29 is 27.8 Å². The van der Waals surface area contributed by atoms with Gasteiger partial charge in [-0.05, 0) is 86.9 Å². The summed E-state index contributed by atoms with van der Waals surface area (Å²) in [5, 5.41) is 15.6. The van der Waals surface area contributed by atoms with Crippen LogP contribution in [0.2, 0.25) is 0 Å². The van der Waals surface area contributed by atoms with E-state index in [9.17, 15) is 18.3 Å². The Labute approximate surface area is 209 Å². The number of hydrogen-bond acceptors (Lipinski definition) is 5. The topological polar surface area (TPSA) is 63.6 Å². The highest BCUT2D eigenvalue weighted by atomic mass is 19.2. The Kier molecular flexibility index (Phi) is 8.36. The molecule has 5 nitrogen and oxygen atoms in total. The van der Waals surface area contributed by atoms with Gasteiger partial charge in [0.1, 0.15) is 11.6 Å². The molecule has 0 radical (unpaired) electrons. The first-order valence-corrected chi connectivity index (χ1v) is 12.4. The number of piperidine rings is 1. The van der Waals surface area contributed by atoms with Crippen molar-refractivity contribution in [2.45, 2.75) is 51.6 Å². The van der Waals surface area contributed by atoms with Gasteiger partial charge < -0.3 is 19.9 Å². The monoisotopic (exact) mass is 502 g/mol. The zero-order valence-electron chi connectivity index (χ0n) is 20.8. The van der Waals surface area contributed by atoms with E-state index in [0.717, 1.165) is 73.5 Å². The summed E-state index contributed by atoms with van der Waals surface area (Å²) in [6, 6.07) is 7.18. The summed E-state index contributed by atoms with van der Waals surface area (Å²) in [5.74, 6) is -3.11. The van der Waals surface area contributed by atoms with Crippen LogP contribution < -0.4 is 14.8 Å². The van der Waals surface area contributed by atoms with E-state index in [-0.39, 0.29) is 18.4 Å². The Morgan fingerprint density at radius 1 is 1.14 bits per heavy atom. The number of halogens is 3. The largest absolute Gasteiger partial charge is 0.497 e. The minimum Gasteiger partial charge on any atom is -0.497 e. The van der Waals surface area contributed by atoms with Gasteiger partial charge in [0.25, 0.3) is 0 Å². The normalized spacial score (nSPS) is 16.2. The molecule has 2 N–H and O–H groups in total. The lowest BCUT2D eigenvalue weighted by Crippen LogP contribution is -2.45. The number of aromatic nitrogens is 1. The lowest BCUT2D eigenvalue weighted by Gasteiger charge is -2.42. The molecular formula is C28H33F3N2O3. The van der Waals surface area contributed by atoms with Crippen LogP contribution in [0.25, 0.3) is 10.9 Å². The van der Waals surface area contributed by atoms with E-state index in [2.05, 4.69) is 17.2 Å². The van der Waals surface area contributed by atoms with Crippen molar-refractivity contribution in [1.82, 2.24) is 10.3 Å². The molecule has 1 aromatic heterocycles. The molecule has 0 aliphatic carbocycles. The Morgan fingerprint density at radius 2 is 1.92 bits per heavy atom. The van der Waals surface area contributed by atoms with Crippen molar-refractivity contribution in [3.05, 3.63) is 65.1 Å². The molecule has 36 heavy (non-hydrogen) atoms. The van der Waals surface area contributed by atoms with Crippen molar-refractivity contribution in [3.63, 3.8) is 0 Å². The third-order valence-corrected chi connectivity index (χ3v) is 7.42. The molecule has 2 heterocycles. The lowest BCUT2D eigenvalue weighted by atomic mass is 9.69. The molecule has 194 valence electrons. The molecule has 0 spiro atoms. The van der Waals surface area contributed by atoms with Crippen molar-refractivity contribution in [2.75, 3.05) is 26.8 Å². The maximum Gasteiger partial charge on any atom is 0.200 e. The minimum absolute atomic E-state index is 0.0376. The van der Waals surface area contributed by atoms with Crippen LogP contribution >= 0.6 is 0 Å². The number of methoxy groups -OCH3 is 1. The molecule has 3 aromatic rings. The zero-order valence-corrected chi connectivity index (χ0v) is 20.8. The van der Waals surface area contributed by atoms with Gasteiger partial charge in [-0.15, -0.1) is 0 Å². The lowest BCUT2D eigenvalue weighted by molar-refractivity contribution is -0.0191. The number of aliphatic hydroxyl groups is 1. The summed E-state index contributed by atoms with van der Waals surface area (Å²) in [6.45, 7) is 3.62. The molecule has 1 aliphatic heterocycles. The summed E-state index contributed by atoms with van der Waals surface area (Å²) in [6.07, 6.45) is 5.59. The Morgan fingerprint density at radius 3 is 2.67 bits per heavy atom. The maximum atomic E-state index is 13.9. The van der Waals surface area contributed by atoms with Gasteiger partial charge in [-0.25, -0.2) is 8.78 Å². The van der Waals surface area contributed by atoms with E-state index in [4.69, 9.17) is 9.47 Å². The number of aliphatic hydroxyl groups excluding tert-OH is 1. The van der Waals surface area contributed by atoms with Crippen LogP contribution in [-0.2, 0) is 6.42 Å². The average molecular weight is 503 g/mol. The van der Waals surface area contributed by atoms with Gasteiger partial charge in [-0.1, -0.05) is 0 Å². The number of fused-ring (bicyclic) bond motifs is 1. The van der Waals surface area contributed by atoms with Crippen LogP contribution in [0.4, 0.5) is 13.2 Å². The third-order valence-electron chi connectivity index (χ3n) is 7.42. The minimum atomic E-state index is -1.29. The molecule has 1 atom stereocenters. The van der Waals surface area contributed by atoms with E-state index in [1.165, 1.54) is 5.56 Å². The van der Waals surface area contributed by atoms with E-state index < -0.39 is 29.3 Å². The predicted octanol–water partition coefficient (Wildman–Crippen LogP) is 5.49. The number of ether oxygens (including phenoxy) is 2. The fourth-order valence-corrected chi connectivity index (χ4v) is 5.30. The van der Waals surface area contributed by atoms with Gasteiger partial charge in [-0.3, -0.25) is 4.98 Å². The fraction of sp³-hybridized carbons (Fsp3) is 0.464. The zero-order chi connectivity index (χ0) is 25.7. The Bertz CT molecular complexity index is 1200.